The van der Waals surface area contributed by atoms with Crippen molar-refractivity contribution in [3.63, 3.8) is 0 Å². The van der Waals surface area contributed by atoms with Crippen molar-refractivity contribution in [1.29, 1.82) is 0 Å². The van der Waals surface area contributed by atoms with Gasteiger partial charge in [-0.2, -0.15) is 0 Å². The van der Waals surface area contributed by atoms with Gasteiger partial charge in [-0.3, -0.25) is 15.6 Å². The summed E-state index contributed by atoms with van der Waals surface area (Å²) in [5.74, 6) is 0.292. The van der Waals surface area contributed by atoms with E-state index in [2.05, 4.69) is 36.9 Å². The number of hydrogen-bond donors (Lipinski definition) is 3. The molecule has 138 valence electrons. The van der Waals surface area contributed by atoms with Crippen LogP contribution in [0.5, 0.6) is 5.75 Å². The molecule has 5 nitrogen and oxygen atoms in total. The smallest absolute Gasteiger partial charge is 0.276 e. The molecule has 2 rings (SSSR count). The third-order valence-electron chi connectivity index (χ3n) is 3.51. The number of hydrogen-bond acceptors (Lipinski definition) is 3. The van der Waals surface area contributed by atoms with Gasteiger partial charge in [0.1, 0.15) is 5.75 Å². The number of amides is 1. The van der Waals surface area contributed by atoms with Gasteiger partial charge in [0.25, 0.3) is 5.91 Å². The van der Waals surface area contributed by atoms with Crippen molar-refractivity contribution in [2.24, 2.45) is 0 Å². The zero-order valence-corrected chi connectivity index (χ0v) is 16.5. The van der Waals surface area contributed by atoms with Crippen LogP contribution >= 0.6 is 23.8 Å². The van der Waals surface area contributed by atoms with Crippen LogP contribution in [0.25, 0.3) is 0 Å². The van der Waals surface area contributed by atoms with Gasteiger partial charge in [-0.15, -0.1) is 0 Å². The van der Waals surface area contributed by atoms with Gasteiger partial charge >= 0.3 is 0 Å². The number of thiocarbonyl (C=S) groups is 1. The van der Waals surface area contributed by atoms with Crippen LogP contribution in [0.3, 0.4) is 0 Å². The Morgan fingerprint density at radius 3 is 2.23 bits per heavy atom. The summed E-state index contributed by atoms with van der Waals surface area (Å²) in [6.45, 7) is 6.31. The maximum Gasteiger partial charge on any atom is 0.276 e. The van der Waals surface area contributed by atoms with Crippen LogP contribution in [-0.4, -0.2) is 17.6 Å². The Bertz CT molecular complexity index is 756. The lowest BCUT2D eigenvalue weighted by Gasteiger charge is -2.19. The van der Waals surface area contributed by atoms with Gasteiger partial charge < -0.3 is 10.1 Å². The van der Waals surface area contributed by atoms with Gasteiger partial charge in [0.05, 0.1) is 0 Å². The molecule has 7 heteroatoms. The predicted octanol–water partition coefficient (Wildman–Crippen LogP) is 4.03. The van der Waals surface area contributed by atoms with E-state index in [-0.39, 0.29) is 23.0 Å². The first-order valence-corrected chi connectivity index (χ1v) is 8.87. The predicted molar refractivity (Wildman–Crippen MR) is 110 cm³/mol. The molecule has 0 spiro atoms. The number of carbonyl (C=O) groups excluding carboxylic acids is 1. The highest BCUT2D eigenvalue weighted by Crippen LogP contribution is 2.24. The molecule has 0 aliphatic carbocycles. The van der Waals surface area contributed by atoms with E-state index in [1.165, 1.54) is 5.56 Å². The average Bonchev–Trinajstić information content (AvgIpc) is 2.60. The van der Waals surface area contributed by atoms with Crippen molar-refractivity contribution in [2.75, 3.05) is 11.9 Å². The fraction of sp³-hybridized carbons (Fsp3) is 0.263. The molecule has 0 atom stereocenters. The molecule has 2 aromatic rings. The zero-order chi connectivity index (χ0) is 19.2. The first-order valence-electron chi connectivity index (χ1n) is 8.09. The lowest BCUT2D eigenvalue weighted by molar-refractivity contribution is -0.123. The number of nitrogens with one attached hydrogen (secondary N) is 3. The summed E-state index contributed by atoms with van der Waals surface area (Å²) in [6, 6.07) is 14.7. The standard InChI is InChI=1S/C19H22ClN3O2S/c1-19(2,3)13-4-10-16(11-5-13)25-12-17(24)22-23-18(26)21-15-8-6-14(20)7-9-15/h4-11H,12H2,1-3H3,(H,22,24)(H2,21,23,26). The second kappa shape index (κ2) is 8.87. The Balaban J connectivity index is 1.73. The zero-order valence-electron chi connectivity index (χ0n) is 14.9. The van der Waals surface area contributed by atoms with E-state index < -0.39 is 0 Å². The SMILES string of the molecule is CC(C)(C)c1ccc(OCC(=O)NNC(=S)Nc2ccc(Cl)cc2)cc1. The molecular weight excluding hydrogens is 370 g/mol. The molecular formula is C19H22ClN3O2S. The second-order valence-electron chi connectivity index (χ2n) is 6.70. The third-order valence-corrected chi connectivity index (χ3v) is 3.96. The van der Waals surface area contributed by atoms with Gasteiger partial charge in [-0.05, 0) is 59.6 Å². The normalized spacial score (nSPS) is 10.8. The van der Waals surface area contributed by atoms with Crippen molar-refractivity contribution < 1.29 is 9.53 Å². The van der Waals surface area contributed by atoms with E-state index in [0.717, 1.165) is 5.69 Å². The molecule has 0 aliphatic rings. The Kier molecular flexibility index (Phi) is 6.83. The quantitative estimate of drug-likeness (QED) is 0.542. The van der Waals surface area contributed by atoms with Crippen molar-refractivity contribution >= 4 is 40.5 Å². The third kappa shape index (κ3) is 6.54. The molecule has 0 aliphatic heterocycles. The molecule has 0 fully saturated rings. The van der Waals surface area contributed by atoms with E-state index in [0.29, 0.717) is 10.8 Å². The number of carbonyl (C=O) groups is 1. The molecule has 0 aromatic heterocycles. The highest BCUT2D eigenvalue weighted by Gasteiger charge is 2.13. The van der Waals surface area contributed by atoms with Gasteiger partial charge in [0.15, 0.2) is 11.7 Å². The molecule has 0 unspecified atom stereocenters. The highest BCUT2D eigenvalue weighted by atomic mass is 35.5. The van der Waals surface area contributed by atoms with Crippen LogP contribution in [-0.2, 0) is 10.2 Å². The molecule has 0 saturated carbocycles. The number of benzene rings is 2. The van der Waals surface area contributed by atoms with Crippen LogP contribution in [0.4, 0.5) is 5.69 Å². The fourth-order valence-corrected chi connectivity index (χ4v) is 2.35. The van der Waals surface area contributed by atoms with Gasteiger partial charge in [-0.1, -0.05) is 44.5 Å². The maximum absolute atomic E-state index is 11.8. The Morgan fingerprint density at radius 2 is 1.65 bits per heavy atom. The van der Waals surface area contributed by atoms with E-state index >= 15 is 0 Å². The molecule has 26 heavy (non-hydrogen) atoms. The lowest BCUT2D eigenvalue weighted by Crippen LogP contribution is -2.45. The van der Waals surface area contributed by atoms with Crippen LogP contribution in [0.15, 0.2) is 48.5 Å². The molecule has 1 amide bonds. The van der Waals surface area contributed by atoms with Crippen LogP contribution in [0.1, 0.15) is 26.3 Å². The number of hydrazine groups is 1. The van der Waals surface area contributed by atoms with E-state index in [1.807, 2.05) is 24.3 Å². The minimum Gasteiger partial charge on any atom is -0.484 e. The molecule has 0 bridgehead atoms. The highest BCUT2D eigenvalue weighted by molar-refractivity contribution is 7.80. The second-order valence-corrected chi connectivity index (χ2v) is 7.54. The summed E-state index contributed by atoms with van der Waals surface area (Å²) >= 11 is 10.9. The van der Waals surface area contributed by atoms with Gasteiger partial charge in [-0.25, -0.2) is 0 Å². The average molecular weight is 392 g/mol. The summed E-state index contributed by atoms with van der Waals surface area (Å²) in [5.41, 5.74) is 7.13. The Morgan fingerprint density at radius 1 is 1.04 bits per heavy atom. The lowest BCUT2D eigenvalue weighted by atomic mass is 9.87. The maximum atomic E-state index is 11.8. The van der Waals surface area contributed by atoms with Crippen LogP contribution in [0, 0.1) is 0 Å². The van der Waals surface area contributed by atoms with Crippen molar-refractivity contribution in [3.05, 3.63) is 59.1 Å². The van der Waals surface area contributed by atoms with E-state index in [9.17, 15) is 4.79 Å². The molecule has 0 radical (unpaired) electrons. The van der Waals surface area contributed by atoms with Crippen molar-refractivity contribution in [1.82, 2.24) is 10.9 Å². The molecule has 2 aromatic carbocycles. The number of anilines is 1. The number of rotatable bonds is 4. The molecule has 0 saturated heterocycles. The summed E-state index contributed by atoms with van der Waals surface area (Å²) < 4.78 is 5.47. The van der Waals surface area contributed by atoms with Crippen LogP contribution < -0.4 is 20.9 Å². The van der Waals surface area contributed by atoms with Crippen molar-refractivity contribution in [2.45, 2.75) is 26.2 Å². The Hall–Kier alpha value is -2.31. The van der Waals surface area contributed by atoms with Gasteiger partial charge in [0.2, 0.25) is 0 Å². The summed E-state index contributed by atoms with van der Waals surface area (Å²) in [4.78, 5) is 11.8. The molecule has 3 N–H and O–H groups in total. The number of halogens is 1. The minimum absolute atomic E-state index is 0.0760. The molecule has 0 heterocycles. The van der Waals surface area contributed by atoms with E-state index in [1.54, 1.807) is 24.3 Å². The summed E-state index contributed by atoms with van der Waals surface area (Å²) in [5, 5.41) is 3.82. The largest absolute Gasteiger partial charge is 0.484 e. The fourth-order valence-electron chi connectivity index (χ4n) is 2.06. The van der Waals surface area contributed by atoms with E-state index in [4.69, 9.17) is 28.6 Å². The number of ether oxygens (including phenoxy) is 1. The van der Waals surface area contributed by atoms with Crippen molar-refractivity contribution in [3.8, 4) is 5.75 Å². The summed E-state index contributed by atoms with van der Waals surface area (Å²) in [6.07, 6.45) is 0. The van der Waals surface area contributed by atoms with Gasteiger partial charge in [0, 0.05) is 10.7 Å². The first kappa shape index (κ1) is 20.0. The van der Waals surface area contributed by atoms with Crippen LogP contribution in [0.2, 0.25) is 5.02 Å². The first-order chi connectivity index (χ1) is 12.2. The summed E-state index contributed by atoms with van der Waals surface area (Å²) in [7, 11) is 0. The topological polar surface area (TPSA) is 62.4 Å². The Labute approximate surface area is 164 Å². The monoisotopic (exact) mass is 391 g/mol. The minimum atomic E-state index is -0.342.